The summed E-state index contributed by atoms with van der Waals surface area (Å²) in [6.07, 6.45) is 37.6. The Hall–Kier alpha value is -1.02. The lowest BCUT2D eigenvalue weighted by Gasteiger charge is -2.20. The van der Waals surface area contributed by atoms with Crippen molar-refractivity contribution in [1.82, 2.24) is 0 Å². The quantitative estimate of drug-likeness (QED) is 0.0287. The van der Waals surface area contributed by atoms with Gasteiger partial charge in [0.2, 0.25) is 0 Å². The molecular formula is C38H74NO7P. The maximum absolute atomic E-state index is 12.5. The van der Waals surface area contributed by atoms with Crippen LogP contribution in [0.2, 0.25) is 0 Å². The number of unbranched alkanes of at least 4 members (excludes halogenated alkanes) is 20. The molecule has 0 saturated heterocycles. The highest BCUT2D eigenvalue weighted by molar-refractivity contribution is 7.47. The number of allylic oxidation sites excluding steroid dienone is 4. The van der Waals surface area contributed by atoms with E-state index in [-0.39, 0.29) is 32.3 Å². The fourth-order valence-corrected chi connectivity index (χ4v) is 6.03. The summed E-state index contributed by atoms with van der Waals surface area (Å²) < 4.78 is 33.3. The zero-order chi connectivity index (χ0) is 34.5. The lowest BCUT2D eigenvalue weighted by molar-refractivity contribution is -0.154. The highest BCUT2D eigenvalue weighted by Gasteiger charge is 2.25. The molecule has 0 aromatic rings. The molecule has 0 aromatic carbocycles. The first-order valence-corrected chi connectivity index (χ1v) is 20.8. The van der Waals surface area contributed by atoms with E-state index in [2.05, 4.69) is 38.2 Å². The van der Waals surface area contributed by atoms with E-state index in [9.17, 15) is 14.3 Å². The third-order valence-corrected chi connectivity index (χ3v) is 9.09. The van der Waals surface area contributed by atoms with E-state index >= 15 is 0 Å². The van der Waals surface area contributed by atoms with Crippen molar-refractivity contribution in [2.75, 3.05) is 33.0 Å². The van der Waals surface area contributed by atoms with Crippen LogP contribution in [0.4, 0.5) is 0 Å². The van der Waals surface area contributed by atoms with E-state index in [1.54, 1.807) is 0 Å². The minimum absolute atomic E-state index is 0.0966. The summed E-state index contributed by atoms with van der Waals surface area (Å²) in [5.74, 6) is -0.344. The predicted molar refractivity (Wildman–Crippen MR) is 197 cm³/mol. The first kappa shape index (κ1) is 46.0. The zero-order valence-electron chi connectivity index (χ0n) is 30.5. The predicted octanol–water partition coefficient (Wildman–Crippen LogP) is 10.9. The molecule has 0 aliphatic rings. The number of carbonyl (C=O) groups is 1. The van der Waals surface area contributed by atoms with Crippen LogP contribution in [-0.2, 0) is 27.9 Å². The molecule has 0 aliphatic carbocycles. The summed E-state index contributed by atoms with van der Waals surface area (Å²) in [6.45, 7) is 4.85. The smallest absolute Gasteiger partial charge is 0.457 e. The Morgan fingerprint density at radius 2 is 1.17 bits per heavy atom. The van der Waals surface area contributed by atoms with E-state index in [4.69, 9.17) is 24.3 Å². The highest BCUT2D eigenvalue weighted by atomic mass is 31.2. The topological polar surface area (TPSA) is 117 Å². The number of ether oxygens (including phenoxy) is 2. The average Bonchev–Trinajstić information content (AvgIpc) is 3.06. The number of phosphoric acid groups is 1. The van der Waals surface area contributed by atoms with Gasteiger partial charge in [0.1, 0.15) is 6.10 Å². The molecule has 0 aromatic heterocycles. The fraction of sp³-hybridized carbons (Fsp3) is 0.868. The Morgan fingerprint density at radius 1 is 0.638 bits per heavy atom. The molecular weight excluding hydrogens is 613 g/mol. The molecule has 0 amide bonds. The van der Waals surface area contributed by atoms with Crippen LogP contribution in [0.15, 0.2) is 24.3 Å². The molecule has 47 heavy (non-hydrogen) atoms. The van der Waals surface area contributed by atoms with Crippen molar-refractivity contribution in [2.24, 2.45) is 5.73 Å². The molecule has 9 heteroatoms. The van der Waals surface area contributed by atoms with Crippen LogP contribution in [0.5, 0.6) is 0 Å². The number of esters is 1. The molecule has 0 rings (SSSR count). The first-order valence-electron chi connectivity index (χ1n) is 19.3. The van der Waals surface area contributed by atoms with Crippen molar-refractivity contribution >= 4 is 13.8 Å². The minimum Gasteiger partial charge on any atom is -0.457 e. The van der Waals surface area contributed by atoms with E-state index in [1.807, 2.05) is 0 Å². The van der Waals surface area contributed by atoms with Crippen molar-refractivity contribution in [3.8, 4) is 0 Å². The first-order chi connectivity index (χ1) is 22.9. The largest absolute Gasteiger partial charge is 0.472 e. The van der Waals surface area contributed by atoms with Crippen molar-refractivity contribution in [1.29, 1.82) is 0 Å². The van der Waals surface area contributed by atoms with Gasteiger partial charge >= 0.3 is 13.8 Å². The van der Waals surface area contributed by atoms with Gasteiger partial charge in [0.15, 0.2) is 0 Å². The van der Waals surface area contributed by atoms with Crippen LogP contribution >= 0.6 is 7.82 Å². The second-order valence-corrected chi connectivity index (χ2v) is 14.2. The highest BCUT2D eigenvalue weighted by Crippen LogP contribution is 2.43. The van der Waals surface area contributed by atoms with Crippen LogP contribution in [-0.4, -0.2) is 49.9 Å². The zero-order valence-corrected chi connectivity index (χ0v) is 31.4. The number of rotatable bonds is 37. The fourth-order valence-electron chi connectivity index (χ4n) is 5.27. The van der Waals surface area contributed by atoms with Gasteiger partial charge in [-0.25, -0.2) is 4.57 Å². The molecule has 2 atom stereocenters. The molecule has 0 saturated carbocycles. The van der Waals surface area contributed by atoms with Crippen molar-refractivity contribution in [2.45, 2.75) is 180 Å². The van der Waals surface area contributed by atoms with Gasteiger partial charge in [-0.3, -0.25) is 13.8 Å². The monoisotopic (exact) mass is 688 g/mol. The van der Waals surface area contributed by atoms with Gasteiger partial charge in [0.25, 0.3) is 0 Å². The lowest BCUT2D eigenvalue weighted by atomic mass is 10.0. The summed E-state index contributed by atoms with van der Waals surface area (Å²) in [4.78, 5) is 22.4. The van der Waals surface area contributed by atoms with E-state index in [0.717, 1.165) is 64.2 Å². The molecule has 0 heterocycles. The lowest BCUT2D eigenvalue weighted by Crippen LogP contribution is -2.28. The normalized spacial score (nSPS) is 13.9. The van der Waals surface area contributed by atoms with Crippen molar-refractivity contribution in [3.05, 3.63) is 24.3 Å². The van der Waals surface area contributed by atoms with Gasteiger partial charge in [-0.2, -0.15) is 0 Å². The second kappa shape index (κ2) is 36.3. The standard InChI is InChI=1S/C38H74NO7P/c1-3-5-7-9-11-13-15-17-18-20-22-24-26-28-30-33-43-35-37(36-45-47(41,42)44-34-32-39)46-38(40)31-29-27-25-23-21-19-16-14-12-10-8-6-4-2/h8,10,14,16,37H,3-7,9,11-13,15,17-36,39H2,1-2H3,(H,41,42)/b10-8-,16-14-. The van der Waals surface area contributed by atoms with Crippen LogP contribution in [0.25, 0.3) is 0 Å². The van der Waals surface area contributed by atoms with Gasteiger partial charge in [-0.1, -0.05) is 154 Å². The Balaban J connectivity index is 4.08. The maximum atomic E-state index is 12.5. The van der Waals surface area contributed by atoms with Gasteiger partial charge < -0.3 is 20.1 Å². The molecule has 3 N–H and O–H groups in total. The minimum atomic E-state index is -4.27. The van der Waals surface area contributed by atoms with Crippen LogP contribution in [0.3, 0.4) is 0 Å². The molecule has 278 valence electrons. The molecule has 2 unspecified atom stereocenters. The molecule has 0 spiro atoms. The average molecular weight is 688 g/mol. The van der Waals surface area contributed by atoms with Crippen molar-refractivity contribution < 1.29 is 32.8 Å². The number of hydrogen-bond donors (Lipinski definition) is 2. The van der Waals surface area contributed by atoms with Crippen molar-refractivity contribution in [3.63, 3.8) is 0 Å². The van der Waals surface area contributed by atoms with Crippen LogP contribution in [0.1, 0.15) is 174 Å². The van der Waals surface area contributed by atoms with E-state index < -0.39 is 13.9 Å². The van der Waals surface area contributed by atoms with Gasteiger partial charge in [-0.05, 0) is 38.5 Å². The molecule has 0 radical (unpaired) electrons. The Morgan fingerprint density at radius 3 is 1.74 bits per heavy atom. The van der Waals surface area contributed by atoms with Crippen LogP contribution in [0, 0.1) is 0 Å². The summed E-state index contributed by atoms with van der Waals surface area (Å²) >= 11 is 0. The number of phosphoric ester groups is 1. The molecule has 0 aliphatic heterocycles. The second-order valence-electron chi connectivity index (χ2n) is 12.8. The third kappa shape index (κ3) is 36.1. The number of nitrogens with two attached hydrogens (primary N) is 1. The Bertz CT molecular complexity index is 777. The van der Waals surface area contributed by atoms with E-state index in [0.29, 0.717) is 13.0 Å². The number of hydrogen-bond acceptors (Lipinski definition) is 7. The SMILES string of the molecule is CCC/C=C\C/C=C\CCCCCCCC(=O)OC(COCCCCCCCCCCCCCCCCC)COP(=O)(O)OCCN. The third-order valence-electron chi connectivity index (χ3n) is 8.10. The van der Waals surface area contributed by atoms with E-state index in [1.165, 1.54) is 89.9 Å². The van der Waals surface area contributed by atoms with Gasteiger partial charge in [0, 0.05) is 19.6 Å². The summed E-state index contributed by atoms with van der Waals surface area (Å²) in [5.41, 5.74) is 5.35. The Labute approximate surface area is 289 Å². The maximum Gasteiger partial charge on any atom is 0.472 e. The molecule has 8 nitrogen and oxygen atoms in total. The molecule has 0 fully saturated rings. The van der Waals surface area contributed by atoms with Crippen LogP contribution < -0.4 is 5.73 Å². The number of carbonyl (C=O) groups excluding carboxylic acids is 1. The van der Waals surface area contributed by atoms with Gasteiger partial charge in [0.05, 0.1) is 19.8 Å². The summed E-state index contributed by atoms with van der Waals surface area (Å²) in [5, 5.41) is 0. The molecule has 0 bridgehead atoms. The summed E-state index contributed by atoms with van der Waals surface area (Å²) in [7, 11) is -4.27. The van der Waals surface area contributed by atoms with Gasteiger partial charge in [-0.15, -0.1) is 0 Å². The Kier molecular flexibility index (Phi) is 35.5. The summed E-state index contributed by atoms with van der Waals surface area (Å²) in [6, 6.07) is 0.